The molecule has 0 bridgehead atoms. The molecule has 4 nitrogen and oxygen atoms in total. The summed E-state index contributed by atoms with van der Waals surface area (Å²) >= 11 is 0. The summed E-state index contributed by atoms with van der Waals surface area (Å²) in [5.74, 6) is -0.467. The maximum atomic E-state index is 13.4. The average molecular weight is 347 g/mol. The van der Waals surface area contributed by atoms with Crippen LogP contribution in [0.1, 0.15) is 15.9 Å². The van der Waals surface area contributed by atoms with E-state index in [1.165, 1.54) is 18.2 Å². The second-order valence-corrected chi connectivity index (χ2v) is 6.06. The Hall–Kier alpha value is -3.47. The molecule has 0 aliphatic heterocycles. The van der Waals surface area contributed by atoms with Gasteiger partial charge in [0.15, 0.2) is 5.76 Å². The highest BCUT2D eigenvalue weighted by Gasteiger charge is 2.15. The minimum atomic E-state index is -1.03. The van der Waals surface area contributed by atoms with E-state index >= 15 is 0 Å². The zero-order valence-corrected chi connectivity index (χ0v) is 13.9. The van der Waals surface area contributed by atoms with Gasteiger partial charge in [0.05, 0.1) is 11.1 Å². The van der Waals surface area contributed by atoms with Crippen LogP contribution in [-0.2, 0) is 0 Å². The lowest BCUT2D eigenvalue weighted by Crippen LogP contribution is -2.00. The lowest BCUT2D eigenvalue weighted by Gasteiger charge is -2.06. The summed E-state index contributed by atoms with van der Waals surface area (Å²) in [6, 6.07) is 16.5. The summed E-state index contributed by atoms with van der Waals surface area (Å²) < 4.78 is 19.2. The van der Waals surface area contributed by atoms with Crippen LogP contribution in [0.25, 0.3) is 33.7 Å². The third-order valence-electron chi connectivity index (χ3n) is 4.16. The number of hydrogen-bond donors (Lipinski definition) is 1. The van der Waals surface area contributed by atoms with Crippen LogP contribution in [0.15, 0.2) is 65.1 Å². The van der Waals surface area contributed by atoms with Crippen LogP contribution in [0, 0.1) is 12.7 Å². The number of fused-ring (bicyclic) bond motifs is 1. The molecule has 4 rings (SSSR count). The molecule has 5 heteroatoms. The first-order valence-corrected chi connectivity index (χ1v) is 8.02. The number of pyridine rings is 1. The number of nitrogens with zero attached hydrogens (tertiary/aromatic N) is 1. The Morgan fingerprint density at radius 2 is 1.85 bits per heavy atom. The van der Waals surface area contributed by atoms with Gasteiger partial charge in [0.2, 0.25) is 0 Å². The molecule has 2 aromatic heterocycles. The summed E-state index contributed by atoms with van der Waals surface area (Å²) in [6.45, 7) is 1.90. The molecule has 0 unspecified atom stereocenters. The number of aromatic carboxylic acids is 1. The van der Waals surface area contributed by atoms with Gasteiger partial charge in [-0.2, -0.15) is 0 Å². The van der Waals surface area contributed by atoms with Gasteiger partial charge >= 0.3 is 5.97 Å². The molecule has 0 aliphatic carbocycles. The monoisotopic (exact) mass is 347 g/mol. The Labute approximate surface area is 148 Å². The normalized spacial score (nSPS) is 11.0. The molecular weight excluding hydrogens is 333 g/mol. The lowest BCUT2D eigenvalue weighted by molar-refractivity contribution is 0.0699. The molecule has 26 heavy (non-hydrogen) atoms. The summed E-state index contributed by atoms with van der Waals surface area (Å²) in [4.78, 5) is 16.2. The lowest BCUT2D eigenvalue weighted by atomic mass is 10.0. The number of carboxylic acid groups (broad SMARTS) is 1. The maximum Gasteiger partial charge on any atom is 0.336 e. The van der Waals surface area contributed by atoms with E-state index in [-0.39, 0.29) is 11.4 Å². The summed E-state index contributed by atoms with van der Waals surface area (Å²) in [5, 5.41) is 10.1. The molecule has 0 aliphatic rings. The SMILES string of the molecule is Cc1ccc2nc(-c3ccc(-c4cccc(F)c4)o3)cc(C(=O)O)c2c1. The highest BCUT2D eigenvalue weighted by molar-refractivity contribution is 6.03. The number of aryl methyl sites for hydroxylation is 1. The van der Waals surface area contributed by atoms with E-state index in [1.54, 1.807) is 36.4 Å². The Morgan fingerprint density at radius 3 is 2.62 bits per heavy atom. The average Bonchev–Trinajstić information content (AvgIpc) is 3.11. The van der Waals surface area contributed by atoms with Gasteiger partial charge < -0.3 is 9.52 Å². The van der Waals surface area contributed by atoms with E-state index in [9.17, 15) is 14.3 Å². The number of furan rings is 1. The zero-order valence-electron chi connectivity index (χ0n) is 13.9. The first-order chi connectivity index (χ1) is 12.5. The number of carbonyl (C=O) groups is 1. The van der Waals surface area contributed by atoms with E-state index in [2.05, 4.69) is 4.98 Å². The van der Waals surface area contributed by atoms with Gasteiger partial charge in [-0.25, -0.2) is 14.2 Å². The minimum absolute atomic E-state index is 0.164. The molecule has 128 valence electrons. The van der Waals surface area contributed by atoms with Gasteiger partial charge in [0.25, 0.3) is 0 Å². The molecule has 1 N–H and O–H groups in total. The van der Waals surface area contributed by atoms with Crippen molar-refractivity contribution in [3.8, 4) is 22.8 Å². The van der Waals surface area contributed by atoms with E-state index in [4.69, 9.17) is 4.42 Å². The van der Waals surface area contributed by atoms with E-state index in [1.807, 2.05) is 13.0 Å². The maximum absolute atomic E-state index is 13.4. The number of benzene rings is 2. The number of rotatable bonds is 3. The quantitative estimate of drug-likeness (QED) is 0.546. The number of aromatic nitrogens is 1. The Morgan fingerprint density at radius 1 is 1.04 bits per heavy atom. The number of hydrogen-bond acceptors (Lipinski definition) is 3. The van der Waals surface area contributed by atoms with Crippen LogP contribution in [0.4, 0.5) is 4.39 Å². The van der Waals surface area contributed by atoms with Crippen LogP contribution in [0.3, 0.4) is 0 Å². The van der Waals surface area contributed by atoms with Crippen molar-refractivity contribution >= 4 is 16.9 Å². The third kappa shape index (κ3) is 2.84. The van der Waals surface area contributed by atoms with Gasteiger partial charge in [-0.3, -0.25) is 0 Å². The standard InChI is InChI=1S/C21H14FNO3/c1-12-5-6-17-15(9-12)16(21(24)25)11-18(23-17)20-8-7-19(26-20)13-3-2-4-14(22)10-13/h2-11H,1H3,(H,24,25). The topological polar surface area (TPSA) is 63.3 Å². The molecule has 2 aromatic carbocycles. The van der Waals surface area contributed by atoms with E-state index in [0.29, 0.717) is 33.7 Å². The van der Waals surface area contributed by atoms with Gasteiger partial charge in [0, 0.05) is 10.9 Å². The fourth-order valence-corrected chi connectivity index (χ4v) is 2.92. The molecule has 0 amide bonds. The van der Waals surface area contributed by atoms with Crippen LogP contribution < -0.4 is 0 Å². The van der Waals surface area contributed by atoms with Crippen molar-refractivity contribution in [2.45, 2.75) is 6.92 Å². The molecule has 0 spiro atoms. The predicted octanol–water partition coefficient (Wildman–Crippen LogP) is 5.31. The highest BCUT2D eigenvalue weighted by Crippen LogP contribution is 2.30. The van der Waals surface area contributed by atoms with Gasteiger partial charge in [-0.15, -0.1) is 0 Å². The first kappa shape index (κ1) is 16.0. The fraction of sp³-hybridized carbons (Fsp3) is 0.0476. The van der Waals surface area contributed by atoms with Crippen molar-refractivity contribution in [1.29, 1.82) is 0 Å². The summed E-state index contributed by atoms with van der Waals surface area (Å²) in [7, 11) is 0. The molecule has 0 radical (unpaired) electrons. The van der Waals surface area contributed by atoms with Crippen LogP contribution in [0.2, 0.25) is 0 Å². The number of carboxylic acids is 1. The predicted molar refractivity (Wildman–Crippen MR) is 96.5 cm³/mol. The molecule has 0 saturated heterocycles. The highest BCUT2D eigenvalue weighted by atomic mass is 19.1. The molecule has 2 heterocycles. The number of halogens is 1. The second kappa shape index (κ2) is 6.11. The van der Waals surface area contributed by atoms with Crippen molar-refractivity contribution < 1.29 is 18.7 Å². The van der Waals surface area contributed by atoms with Crippen molar-refractivity contribution in [1.82, 2.24) is 4.98 Å². The van der Waals surface area contributed by atoms with Gasteiger partial charge in [-0.05, 0) is 49.4 Å². The first-order valence-electron chi connectivity index (χ1n) is 8.02. The van der Waals surface area contributed by atoms with Crippen molar-refractivity contribution in [2.75, 3.05) is 0 Å². The van der Waals surface area contributed by atoms with Crippen molar-refractivity contribution in [3.05, 3.63) is 77.6 Å². The molecule has 0 fully saturated rings. The molecule has 0 atom stereocenters. The largest absolute Gasteiger partial charge is 0.478 e. The smallest absolute Gasteiger partial charge is 0.336 e. The Bertz CT molecular complexity index is 1150. The Kier molecular flexibility index (Phi) is 3.77. The summed E-state index contributed by atoms with van der Waals surface area (Å²) in [5.41, 5.74) is 2.72. The van der Waals surface area contributed by atoms with Crippen LogP contribution in [0.5, 0.6) is 0 Å². The minimum Gasteiger partial charge on any atom is -0.478 e. The zero-order chi connectivity index (χ0) is 18.3. The second-order valence-electron chi connectivity index (χ2n) is 6.06. The molecule has 4 aromatic rings. The van der Waals surface area contributed by atoms with E-state index < -0.39 is 5.97 Å². The van der Waals surface area contributed by atoms with Crippen molar-refractivity contribution in [2.24, 2.45) is 0 Å². The Balaban J connectivity index is 1.85. The van der Waals surface area contributed by atoms with E-state index in [0.717, 1.165) is 5.56 Å². The molecular formula is C21H14FNO3. The van der Waals surface area contributed by atoms with Crippen LogP contribution >= 0.6 is 0 Å². The van der Waals surface area contributed by atoms with Crippen LogP contribution in [-0.4, -0.2) is 16.1 Å². The summed E-state index contributed by atoms with van der Waals surface area (Å²) in [6.07, 6.45) is 0. The van der Waals surface area contributed by atoms with Gasteiger partial charge in [-0.1, -0.05) is 23.8 Å². The fourth-order valence-electron chi connectivity index (χ4n) is 2.92. The third-order valence-corrected chi connectivity index (χ3v) is 4.16. The van der Waals surface area contributed by atoms with Gasteiger partial charge in [0.1, 0.15) is 17.3 Å². The van der Waals surface area contributed by atoms with Crippen molar-refractivity contribution in [3.63, 3.8) is 0 Å². The molecule has 0 saturated carbocycles.